The molecule has 0 bridgehead atoms. The third-order valence-electron chi connectivity index (χ3n) is 7.63. The van der Waals surface area contributed by atoms with Crippen molar-refractivity contribution in [3.8, 4) is 11.3 Å². The smallest absolute Gasteiger partial charge is 0.253 e. The molecule has 186 valence electrons. The van der Waals surface area contributed by atoms with Gasteiger partial charge < -0.3 is 19.6 Å². The second-order valence-electron chi connectivity index (χ2n) is 10.9. The molecule has 3 aromatic rings. The number of aromatic nitrogens is 3. The summed E-state index contributed by atoms with van der Waals surface area (Å²) in [6.45, 7) is 13.6. The van der Waals surface area contributed by atoms with Crippen molar-refractivity contribution in [1.29, 1.82) is 0 Å². The first kappa shape index (κ1) is 25.1. The summed E-state index contributed by atoms with van der Waals surface area (Å²) >= 11 is 1.82. The fourth-order valence-electron chi connectivity index (χ4n) is 5.09. The zero-order valence-corrected chi connectivity index (χ0v) is 22.8. The summed E-state index contributed by atoms with van der Waals surface area (Å²) in [5, 5.41) is 4.96. The molecule has 0 radical (unpaired) electrons. The highest BCUT2D eigenvalue weighted by molar-refractivity contribution is 7.18. The normalized spacial score (nSPS) is 19.4. The molecule has 1 aliphatic carbocycles. The van der Waals surface area contributed by atoms with Crippen LogP contribution < -0.4 is 10.9 Å². The quantitative estimate of drug-likeness (QED) is 0.446. The van der Waals surface area contributed by atoms with E-state index in [1.807, 2.05) is 38.4 Å². The van der Waals surface area contributed by atoms with Gasteiger partial charge in [-0.3, -0.25) is 4.79 Å². The lowest BCUT2D eigenvalue weighted by molar-refractivity contribution is 0.0199. The van der Waals surface area contributed by atoms with Gasteiger partial charge in [0.25, 0.3) is 5.56 Å². The van der Waals surface area contributed by atoms with Gasteiger partial charge in [0.2, 0.25) is 0 Å². The largest absolute Gasteiger partial charge is 0.377 e. The van der Waals surface area contributed by atoms with E-state index in [-0.39, 0.29) is 11.2 Å². The summed E-state index contributed by atoms with van der Waals surface area (Å²) in [6, 6.07) is 0.560. The summed E-state index contributed by atoms with van der Waals surface area (Å²) in [6.07, 6.45) is 6.66. The van der Waals surface area contributed by atoms with Crippen molar-refractivity contribution in [1.82, 2.24) is 19.9 Å². The number of hydrogen-bond donors (Lipinski definition) is 2. The van der Waals surface area contributed by atoms with E-state index in [9.17, 15) is 4.79 Å². The fourth-order valence-corrected chi connectivity index (χ4v) is 6.24. The molecule has 0 atom stereocenters. The van der Waals surface area contributed by atoms with Gasteiger partial charge >= 0.3 is 0 Å². The number of H-pyrrole nitrogens is 1. The molecule has 1 aliphatic rings. The molecule has 3 aromatic heterocycles. The molecule has 6 nitrogen and oxygen atoms in total. The molecule has 1 saturated carbocycles. The van der Waals surface area contributed by atoms with Crippen molar-refractivity contribution in [3.05, 3.63) is 38.2 Å². The third-order valence-corrected chi connectivity index (χ3v) is 8.76. The zero-order valence-electron chi connectivity index (χ0n) is 22.0. The number of aryl methyl sites for hydroxylation is 1. The number of nitrogens with zero attached hydrogens (tertiary/aromatic N) is 2. The third kappa shape index (κ3) is 4.75. The lowest BCUT2D eigenvalue weighted by atomic mass is 9.86. The summed E-state index contributed by atoms with van der Waals surface area (Å²) in [4.78, 5) is 22.4. The van der Waals surface area contributed by atoms with Crippen molar-refractivity contribution in [2.75, 3.05) is 13.7 Å². The molecule has 3 heterocycles. The first-order valence-corrected chi connectivity index (χ1v) is 13.3. The molecule has 0 spiro atoms. The van der Waals surface area contributed by atoms with Crippen molar-refractivity contribution in [3.63, 3.8) is 0 Å². The standard InChI is InChI=1S/C27H40N4O2S/c1-15(2)21-22(20-13-31(7)26(32)17(4)16(20)3)29-25-23(21)30-24(34-25)18-9-11-19(12-10-18)28-14-27(5,6)33-8/h13,15,18-19,28-29H,9-12,14H2,1-8H3. The monoisotopic (exact) mass is 484 g/mol. The van der Waals surface area contributed by atoms with E-state index >= 15 is 0 Å². The zero-order chi connectivity index (χ0) is 24.8. The van der Waals surface area contributed by atoms with Crippen LogP contribution in [0.15, 0.2) is 11.0 Å². The number of aromatic amines is 1. The van der Waals surface area contributed by atoms with Crippen molar-refractivity contribution in [2.45, 2.75) is 90.7 Å². The fraction of sp³-hybridized carbons (Fsp3) is 0.630. The minimum atomic E-state index is -0.127. The number of methoxy groups -OCH3 is 1. The molecule has 0 aromatic carbocycles. The first-order chi connectivity index (χ1) is 16.0. The summed E-state index contributed by atoms with van der Waals surface area (Å²) in [5.74, 6) is 0.865. The van der Waals surface area contributed by atoms with Gasteiger partial charge in [-0.1, -0.05) is 13.8 Å². The average molecular weight is 485 g/mol. The topological polar surface area (TPSA) is 71.9 Å². The van der Waals surface area contributed by atoms with Crippen LogP contribution in [0.2, 0.25) is 0 Å². The Labute approximate surface area is 207 Å². The van der Waals surface area contributed by atoms with Gasteiger partial charge in [-0.25, -0.2) is 4.98 Å². The van der Waals surface area contributed by atoms with Crippen LogP contribution in [0.1, 0.15) is 86.9 Å². The van der Waals surface area contributed by atoms with Gasteiger partial charge in [0.1, 0.15) is 10.3 Å². The van der Waals surface area contributed by atoms with E-state index in [4.69, 9.17) is 9.72 Å². The van der Waals surface area contributed by atoms with Crippen LogP contribution in [0, 0.1) is 13.8 Å². The maximum atomic E-state index is 12.4. The van der Waals surface area contributed by atoms with Crippen molar-refractivity contribution >= 4 is 21.7 Å². The summed E-state index contributed by atoms with van der Waals surface area (Å²) in [5.41, 5.74) is 6.37. The number of nitrogens with one attached hydrogen (secondary N) is 2. The number of pyridine rings is 1. The Bertz CT molecular complexity index is 1230. The number of rotatable bonds is 7. The van der Waals surface area contributed by atoms with Crippen LogP contribution in [0.3, 0.4) is 0 Å². The van der Waals surface area contributed by atoms with Crippen LogP contribution in [0.5, 0.6) is 0 Å². The van der Waals surface area contributed by atoms with E-state index in [0.29, 0.717) is 17.9 Å². The Balaban J connectivity index is 1.58. The molecular weight excluding hydrogens is 444 g/mol. The van der Waals surface area contributed by atoms with E-state index in [0.717, 1.165) is 39.3 Å². The Morgan fingerprint density at radius 3 is 2.53 bits per heavy atom. The van der Waals surface area contributed by atoms with Gasteiger partial charge in [-0.2, -0.15) is 0 Å². The molecule has 0 aliphatic heterocycles. The van der Waals surface area contributed by atoms with E-state index < -0.39 is 0 Å². The SMILES string of the molecule is COC(C)(C)CNC1CCC(c2nc3c(C(C)C)c(-c4cn(C)c(=O)c(C)c4C)[nH]c3s2)CC1. The van der Waals surface area contributed by atoms with E-state index in [2.05, 4.69) is 38.0 Å². The van der Waals surface area contributed by atoms with E-state index in [1.54, 1.807) is 11.7 Å². The average Bonchev–Trinajstić information content (AvgIpc) is 3.37. The molecule has 0 saturated heterocycles. The molecule has 4 rings (SSSR count). The minimum absolute atomic E-state index is 0.0667. The predicted octanol–water partition coefficient (Wildman–Crippen LogP) is 5.77. The number of hydrogen-bond acceptors (Lipinski definition) is 5. The lowest BCUT2D eigenvalue weighted by Gasteiger charge is -2.31. The Morgan fingerprint density at radius 1 is 1.24 bits per heavy atom. The maximum Gasteiger partial charge on any atom is 0.253 e. The molecular formula is C27H40N4O2S. The number of fused-ring (bicyclic) bond motifs is 1. The lowest BCUT2D eigenvalue weighted by Crippen LogP contribution is -2.43. The van der Waals surface area contributed by atoms with Crippen LogP contribution in [0.4, 0.5) is 0 Å². The van der Waals surface area contributed by atoms with Crippen molar-refractivity contribution in [2.24, 2.45) is 7.05 Å². The van der Waals surface area contributed by atoms with Gasteiger partial charge in [0.15, 0.2) is 0 Å². The highest BCUT2D eigenvalue weighted by atomic mass is 32.1. The number of thiazole rings is 1. The molecule has 0 amide bonds. The van der Waals surface area contributed by atoms with Crippen LogP contribution >= 0.6 is 11.3 Å². The highest BCUT2D eigenvalue weighted by Gasteiger charge is 2.28. The van der Waals surface area contributed by atoms with Gasteiger partial charge in [0.05, 0.1) is 16.3 Å². The predicted molar refractivity (Wildman–Crippen MR) is 142 cm³/mol. The summed E-state index contributed by atoms with van der Waals surface area (Å²) < 4.78 is 7.24. The molecule has 7 heteroatoms. The summed E-state index contributed by atoms with van der Waals surface area (Å²) in [7, 11) is 3.61. The minimum Gasteiger partial charge on any atom is -0.377 e. The Hall–Kier alpha value is -1.96. The van der Waals surface area contributed by atoms with E-state index in [1.165, 1.54) is 36.3 Å². The Morgan fingerprint density at radius 2 is 1.91 bits per heavy atom. The van der Waals surface area contributed by atoms with Gasteiger partial charge in [0, 0.05) is 55.5 Å². The van der Waals surface area contributed by atoms with Crippen molar-refractivity contribution < 1.29 is 4.74 Å². The molecule has 1 fully saturated rings. The highest BCUT2D eigenvalue weighted by Crippen LogP contribution is 2.42. The van der Waals surface area contributed by atoms with Crippen LogP contribution in [-0.2, 0) is 11.8 Å². The molecule has 34 heavy (non-hydrogen) atoms. The second kappa shape index (κ2) is 9.59. The van der Waals surface area contributed by atoms with Crippen LogP contribution in [-0.4, -0.2) is 39.8 Å². The molecule has 2 N–H and O–H groups in total. The first-order valence-electron chi connectivity index (χ1n) is 12.5. The maximum absolute atomic E-state index is 12.4. The second-order valence-corrected chi connectivity index (χ2v) is 11.9. The molecule has 0 unspecified atom stereocenters. The Kier molecular flexibility index (Phi) is 7.09. The van der Waals surface area contributed by atoms with Gasteiger partial charge in [-0.15, -0.1) is 11.3 Å². The van der Waals surface area contributed by atoms with Gasteiger partial charge in [-0.05, 0) is 64.9 Å². The number of ether oxygens (including phenoxy) is 1. The van der Waals surface area contributed by atoms with Crippen LogP contribution in [0.25, 0.3) is 21.6 Å².